The van der Waals surface area contributed by atoms with Gasteiger partial charge in [-0.15, -0.1) is 0 Å². The maximum absolute atomic E-state index is 12.3. The van der Waals surface area contributed by atoms with Crippen molar-refractivity contribution < 1.29 is 4.79 Å². The van der Waals surface area contributed by atoms with Gasteiger partial charge < -0.3 is 4.57 Å². The number of carbonyl (C=O) groups is 1. The SMILES string of the molecule is CCn1ccnc1C(=O)c1cccc(C)c1Br. The minimum absolute atomic E-state index is 0.0487. The monoisotopic (exact) mass is 292 g/mol. The van der Waals surface area contributed by atoms with Crippen LogP contribution in [0.15, 0.2) is 35.1 Å². The van der Waals surface area contributed by atoms with E-state index < -0.39 is 0 Å². The van der Waals surface area contributed by atoms with Gasteiger partial charge in [0.25, 0.3) is 0 Å². The number of rotatable bonds is 3. The van der Waals surface area contributed by atoms with E-state index >= 15 is 0 Å². The summed E-state index contributed by atoms with van der Waals surface area (Å²) in [7, 11) is 0. The van der Waals surface area contributed by atoms with E-state index in [1.165, 1.54) is 0 Å². The molecular formula is C13H13BrN2O. The third kappa shape index (κ3) is 2.17. The first-order valence-corrected chi connectivity index (χ1v) is 6.25. The lowest BCUT2D eigenvalue weighted by Gasteiger charge is -2.07. The zero-order valence-corrected chi connectivity index (χ0v) is 11.4. The Hall–Kier alpha value is -1.42. The van der Waals surface area contributed by atoms with Crippen molar-refractivity contribution >= 4 is 21.7 Å². The van der Waals surface area contributed by atoms with Gasteiger partial charge in [0, 0.05) is 29.0 Å². The highest BCUT2D eigenvalue weighted by Crippen LogP contribution is 2.23. The van der Waals surface area contributed by atoms with Crippen molar-refractivity contribution in [1.29, 1.82) is 0 Å². The number of hydrogen-bond acceptors (Lipinski definition) is 2. The number of carbonyl (C=O) groups excluding carboxylic acids is 1. The van der Waals surface area contributed by atoms with E-state index in [0.29, 0.717) is 11.4 Å². The van der Waals surface area contributed by atoms with Crippen molar-refractivity contribution in [3.05, 3.63) is 52.0 Å². The van der Waals surface area contributed by atoms with E-state index in [4.69, 9.17) is 0 Å². The highest BCUT2D eigenvalue weighted by molar-refractivity contribution is 9.10. The zero-order chi connectivity index (χ0) is 12.4. The molecule has 0 atom stereocenters. The molecule has 0 saturated carbocycles. The smallest absolute Gasteiger partial charge is 0.229 e. The Labute approximate surface area is 109 Å². The molecule has 0 aliphatic rings. The lowest BCUT2D eigenvalue weighted by atomic mass is 10.1. The maximum atomic E-state index is 12.3. The van der Waals surface area contributed by atoms with Crippen molar-refractivity contribution in [2.75, 3.05) is 0 Å². The van der Waals surface area contributed by atoms with Gasteiger partial charge in [0.15, 0.2) is 5.82 Å². The second-order valence-corrected chi connectivity index (χ2v) is 4.60. The molecule has 4 heteroatoms. The summed E-state index contributed by atoms with van der Waals surface area (Å²) in [5.41, 5.74) is 1.70. The highest BCUT2D eigenvalue weighted by Gasteiger charge is 2.17. The summed E-state index contributed by atoms with van der Waals surface area (Å²) in [5.74, 6) is 0.436. The minimum atomic E-state index is -0.0487. The number of aromatic nitrogens is 2. The van der Waals surface area contributed by atoms with Crippen LogP contribution in [0.3, 0.4) is 0 Å². The number of benzene rings is 1. The first kappa shape index (κ1) is 12.0. The summed E-state index contributed by atoms with van der Waals surface area (Å²) < 4.78 is 2.69. The molecule has 0 fully saturated rings. The van der Waals surface area contributed by atoms with Crippen LogP contribution in [0, 0.1) is 6.92 Å². The Morgan fingerprint density at radius 2 is 2.24 bits per heavy atom. The van der Waals surface area contributed by atoms with Gasteiger partial charge >= 0.3 is 0 Å². The Balaban J connectivity index is 2.48. The molecule has 3 nitrogen and oxygen atoms in total. The molecule has 1 aromatic heterocycles. The predicted molar refractivity (Wildman–Crippen MR) is 70.2 cm³/mol. The Morgan fingerprint density at radius 1 is 1.47 bits per heavy atom. The quantitative estimate of drug-likeness (QED) is 0.814. The molecule has 17 heavy (non-hydrogen) atoms. The average Bonchev–Trinajstić information content (AvgIpc) is 2.80. The normalized spacial score (nSPS) is 10.5. The molecule has 0 spiro atoms. The zero-order valence-electron chi connectivity index (χ0n) is 9.77. The first-order chi connectivity index (χ1) is 8.15. The third-order valence-electron chi connectivity index (χ3n) is 2.70. The first-order valence-electron chi connectivity index (χ1n) is 5.46. The molecule has 88 valence electrons. The van der Waals surface area contributed by atoms with Crippen LogP contribution in [0.4, 0.5) is 0 Å². The molecule has 0 aliphatic carbocycles. The van der Waals surface area contributed by atoms with Crippen LogP contribution < -0.4 is 0 Å². The van der Waals surface area contributed by atoms with E-state index in [-0.39, 0.29) is 5.78 Å². The summed E-state index contributed by atoms with van der Waals surface area (Å²) in [5, 5.41) is 0. The second-order valence-electron chi connectivity index (χ2n) is 3.80. The molecule has 0 saturated heterocycles. The summed E-state index contributed by atoms with van der Waals surface area (Å²) in [6.45, 7) is 4.70. The lowest BCUT2D eigenvalue weighted by Crippen LogP contribution is -2.11. The fourth-order valence-corrected chi connectivity index (χ4v) is 2.16. The molecule has 0 unspecified atom stereocenters. The van der Waals surface area contributed by atoms with Crippen LogP contribution in [0.2, 0.25) is 0 Å². The van der Waals surface area contributed by atoms with E-state index in [9.17, 15) is 4.79 Å². The molecule has 0 amide bonds. The van der Waals surface area contributed by atoms with Crippen LogP contribution in [-0.2, 0) is 6.54 Å². The van der Waals surface area contributed by atoms with Crippen LogP contribution in [0.1, 0.15) is 28.7 Å². The van der Waals surface area contributed by atoms with Crippen molar-refractivity contribution in [2.45, 2.75) is 20.4 Å². The number of ketones is 1. The van der Waals surface area contributed by atoms with Gasteiger partial charge in [-0.1, -0.05) is 12.1 Å². The van der Waals surface area contributed by atoms with Gasteiger partial charge in [0.05, 0.1) is 0 Å². The molecule has 1 aromatic carbocycles. The molecule has 0 N–H and O–H groups in total. The fourth-order valence-electron chi connectivity index (χ4n) is 1.72. The second kappa shape index (κ2) is 4.84. The van der Waals surface area contributed by atoms with Crippen LogP contribution in [-0.4, -0.2) is 15.3 Å². The van der Waals surface area contributed by atoms with Gasteiger partial charge in [-0.2, -0.15) is 0 Å². The van der Waals surface area contributed by atoms with Crippen molar-refractivity contribution in [3.63, 3.8) is 0 Å². The summed E-state index contributed by atoms with van der Waals surface area (Å²) in [6.07, 6.45) is 3.47. The number of halogens is 1. The van der Waals surface area contributed by atoms with Crippen molar-refractivity contribution in [1.82, 2.24) is 9.55 Å². The number of nitrogens with zero attached hydrogens (tertiary/aromatic N) is 2. The average molecular weight is 293 g/mol. The molecule has 0 aliphatic heterocycles. The minimum Gasteiger partial charge on any atom is -0.328 e. The Bertz CT molecular complexity index is 560. The Morgan fingerprint density at radius 3 is 2.94 bits per heavy atom. The largest absolute Gasteiger partial charge is 0.328 e. The summed E-state index contributed by atoms with van der Waals surface area (Å²) in [6, 6.07) is 5.66. The van der Waals surface area contributed by atoms with Gasteiger partial charge in [0.1, 0.15) is 0 Å². The molecule has 2 aromatic rings. The predicted octanol–water partition coefficient (Wildman–Crippen LogP) is 3.20. The van der Waals surface area contributed by atoms with Crippen LogP contribution in [0.25, 0.3) is 0 Å². The third-order valence-corrected chi connectivity index (χ3v) is 3.75. The molecular weight excluding hydrogens is 280 g/mol. The van der Waals surface area contributed by atoms with Crippen LogP contribution >= 0.6 is 15.9 Å². The molecule has 1 heterocycles. The molecule has 2 rings (SSSR count). The van der Waals surface area contributed by atoms with E-state index in [0.717, 1.165) is 16.6 Å². The Kier molecular flexibility index (Phi) is 3.43. The van der Waals surface area contributed by atoms with Gasteiger partial charge in [-0.05, 0) is 41.4 Å². The number of hydrogen-bond donors (Lipinski definition) is 0. The lowest BCUT2D eigenvalue weighted by molar-refractivity contribution is 0.102. The van der Waals surface area contributed by atoms with Crippen LogP contribution in [0.5, 0.6) is 0 Å². The number of aryl methyl sites for hydroxylation is 2. The summed E-state index contributed by atoms with van der Waals surface area (Å²) >= 11 is 3.45. The van der Waals surface area contributed by atoms with Crippen molar-refractivity contribution in [3.8, 4) is 0 Å². The topological polar surface area (TPSA) is 34.9 Å². The van der Waals surface area contributed by atoms with Crippen molar-refractivity contribution in [2.24, 2.45) is 0 Å². The van der Waals surface area contributed by atoms with E-state index in [1.54, 1.807) is 6.20 Å². The molecule has 0 radical (unpaired) electrons. The maximum Gasteiger partial charge on any atom is 0.229 e. The van der Waals surface area contributed by atoms with E-state index in [1.807, 2.05) is 42.8 Å². The highest BCUT2D eigenvalue weighted by atomic mass is 79.9. The van der Waals surface area contributed by atoms with Gasteiger partial charge in [-0.25, -0.2) is 4.98 Å². The van der Waals surface area contributed by atoms with Gasteiger partial charge in [-0.3, -0.25) is 4.79 Å². The summed E-state index contributed by atoms with van der Waals surface area (Å²) in [4.78, 5) is 16.5. The standard InChI is InChI=1S/C13H13BrN2O/c1-3-16-8-7-15-13(16)12(17)10-6-4-5-9(2)11(10)14/h4-8H,3H2,1-2H3. The van der Waals surface area contributed by atoms with Gasteiger partial charge in [0.2, 0.25) is 5.78 Å². The van der Waals surface area contributed by atoms with E-state index in [2.05, 4.69) is 20.9 Å². The number of imidazole rings is 1. The molecule has 0 bridgehead atoms. The fraction of sp³-hybridized carbons (Fsp3) is 0.231.